The van der Waals surface area contributed by atoms with E-state index in [2.05, 4.69) is 30.9 Å². The molecule has 29 heavy (non-hydrogen) atoms. The fraction of sp³-hybridized carbons (Fsp3) is 0.381. The Morgan fingerprint density at radius 3 is 2.72 bits per heavy atom. The molecular weight excluding hydrogens is 436 g/mol. The number of likely N-dealkylation sites (tertiary alicyclic amines) is 1. The summed E-state index contributed by atoms with van der Waals surface area (Å²) in [5.74, 6) is 1.86. The molecule has 0 aliphatic carbocycles. The molecule has 7 nitrogen and oxygen atoms in total. The Morgan fingerprint density at radius 2 is 2.00 bits per heavy atom. The number of aromatic amines is 1. The van der Waals surface area contributed by atoms with Crippen LogP contribution in [0.2, 0.25) is 0 Å². The lowest BCUT2D eigenvalue weighted by atomic mass is 10.2. The zero-order valence-corrected chi connectivity index (χ0v) is 18.2. The quantitative estimate of drug-likeness (QED) is 0.554. The summed E-state index contributed by atoms with van der Waals surface area (Å²) in [5, 5.41) is 0. The van der Waals surface area contributed by atoms with Crippen LogP contribution in [0.1, 0.15) is 45.5 Å². The van der Waals surface area contributed by atoms with Crippen molar-refractivity contribution in [2.75, 3.05) is 6.54 Å². The van der Waals surface area contributed by atoms with E-state index in [1.807, 2.05) is 45.0 Å². The number of nitrogens with zero attached hydrogens (tertiary/aromatic N) is 3. The monoisotopic (exact) mass is 458 g/mol. The summed E-state index contributed by atoms with van der Waals surface area (Å²) in [6.45, 7) is 6.26. The van der Waals surface area contributed by atoms with Crippen molar-refractivity contribution < 1.29 is 13.9 Å². The van der Waals surface area contributed by atoms with Crippen molar-refractivity contribution in [1.29, 1.82) is 0 Å². The highest BCUT2D eigenvalue weighted by Crippen LogP contribution is 2.33. The lowest BCUT2D eigenvalue weighted by Crippen LogP contribution is -2.36. The first-order chi connectivity index (χ1) is 13.8. The van der Waals surface area contributed by atoms with Gasteiger partial charge in [0.25, 0.3) is 0 Å². The molecule has 1 amide bonds. The summed E-state index contributed by atoms with van der Waals surface area (Å²) in [5.41, 5.74) is 1.10. The van der Waals surface area contributed by atoms with Gasteiger partial charge in [-0.25, -0.2) is 14.8 Å². The molecule has 3 heterocycles. The molecule has 1 N–H and O–H groups in total. The van der Waals surface area contributed by atoms with Gasteiger partial charge in [-0.3, -0.25) is 4.90 Å². The fourth-order valence-electron chi connectivity index (χ4n) is 3.35. The van der Waals surface area contributed by atoms with Gasteiger partial charge in [0, 0.05) is 16.6 Å². The molecule has 1 aliphatic heterocycles. The van der Waals surface area contributed by atoms with Crippen molar-refractivity contribution in [2.24, 2.45) is 0 Å². The van der Waals surface area contributed by atoms with Gasteiger partial charge in [-0.15, -0.1) is 0 Å². The van der Waals surface area contributed by atoms with Gasteiger partial charge in [-0.1, -0.05) is 28.1 Å². The van der Waals surface area contributed by atoms with Gasteiger partial charge in [0.1, 0.15) is 17.1 Å². The van der Waals surface area contributed by atoms with Crippen LogP contribution in [0.25, 0.3) is 22.9 Å². The SMILES string of the molecule is CC(C)(C)OC(=O)N1CCC[C@H]1c1ncc(-c2ncc(-c3ccc(Br)cc3)o2)[nH]1. The molecule has 1 aromatic carbocycles. The molecule has 0 radical (unpaired) electrons. The van der Waals surface area contributed by atoms with Crippen molar-refractivity contribution in [1.82, 2.24) is 19.9 Å². The Kier molecular flexibility index (Phi) is 5.21. The van der Waals surface area contributed by atoms with Gasteiger partial charge in [0.2, 0.25) is 5.89 Å². The van der Waals surface area contributed by atoms with Crippen molar-refractivity contribution >= 4 is 22.0 Å². The molecule has 0 saturated carbocycles. The number of carbonyl (C=O) groups excluding carboxylic acids is 1. The molecule has 0 unspecified atom stereocenters. The van der Waals surface area contributed by atoms with E-state index in [0.717, 1.165) is 22.9 Å². The summed E-state index contributed by atoms with van der Waals surface area (Å²) in [6.07, 6.45) is 4.82. The van der Waals surface area contributed by atoms with Crippen LogP contribution < -0.4 is 0 Å². The zero-order valence-electron chi connectivity index (χ0n) is 16.6. The highest BCUT2D eigenvalue weighted by molar-refractivity contribution is 9.10. The number of ether oxygens (including phenoxy) is 1. The number of aromatic nitrogens is 3. The van der Waals surface area contributed by atoms with Gasteiger partial charge in [-0.05, 0) is 45.7 Å². The number of amides is 1. The number of H-pyrrole nitrogens is 1. The fourth-order valence-corrected chi connectivity index (χ4v) is 3.62. The summed E-state index contributed by atoms with van der Waals surface area (Å²) >= 11 is 3.43. The number of rotatable bonds is 3. The van der Waals surface area contributed by atoms with Crippen LogP contribution in [-0.4, -0.2) is 38.1 Å². The lowest BCUT2D eigenvalue weighted by Gasteiger charge is -2.27. The molecule has 2 aromatic heterocycles. The molecule has 152 valence electrons. The second kappa shape index (κ2) is 7.67. The third kappa shape index (κ3) is 4.37. The molecule has 1 saturated heterocycles. The number of nitrogens with one attached hydrogen (secondary N) is 1. The standard InChI is InChI=1S/C21H23BrN4O3/c1-21(2,3)29-20(27)26-10-4-5-16(26)18-23-11-15(25-18)19-24-12-17(28-19)13-6-8-14(22)9-7-13/h6-9,11-12,16H,4-5,10H2,1-3H3,(H,23,25)/t16-/m0/s1. The van der Waals surface area contributed by atoms with E-state index in [9.17, 15) is 4.79 Å². The Balaban J connectivity index is 1.52. The maximum Gasteiger partial charge on any atom is 0.410 e. The Bertz CT molecular complexity index is 1000. The average molecular weight is 459 g/mol. The van der Waals surface area contributed by atoms with Crippen LogP contribution in [0.5, 0.6) is 0 Å². The molecular formula is C21H23BrN4O3. The first-order valence-electron chi connectivity index (χ1n) is 9.57. The first kappa shape index (κ1) is 19.7. The number of carbonyl (C=O) groups is 1. The minimum atomic E-state index is -0.528. The normalized spacial score (nSPS) is 17.0. The van der Waals surface area contributed by atoms with Crippen molar-refractivity contribution in [3.05, 3.63) is 47.0 Å². The zero-order chi connectivity index (χ0) is 20.6. The van der Waals surface area contributed by atoms with E-state index >= 15 is 0 Å². The van der Waals surface area contributed by atoms with E-state index in [-0.39, 0.29) is 12.1 Å². The largest absolute Gasteiger partial charge is 0.444 e. The van der Waals surface area contributed by atoms with Gasteiger partial charge in [0.15, 0.2) is 5.76 Å². The van der Waals surface area contributed by atoms with Crippen molar-refractivity contribution in [2.45, 2.75) is 45.3 Å². The number of benzene rings is 1. The molecule has 1 fully saturated rings. The van der Waals surface area contributed by atoms with Crippen molar-refractivity contribution in [3.8, 4) is 22.9 Å². The molecule has 4 rings (SSSR count). The molecule has 0 bridgehead atoms. The molecule has 3 aromatic rings. The van der Waals surface area contributed by atoms with Crippen molar-refractivity contribution in [3.63, 3.8) is 0 Å². The van der Waals surface area contributed by atoms with E-state index in [1.54, 1.807) is 17.3 Å². The second-order valence-corrected chi connectivity index (χ2v) is 8.97. The summed E-state index contributed by atoms with van der Waals surface area (Å²) in [4.78, 5) is 26.4. The smallest absolute Gasteiger partial charge is 0.410 e. The third-order valence-electron chi connectivity index (χ3n) is 4.66. The highest BCUT2D eigenvalue weighted by atomic mass is 79.9. The van der Waals surface area contributed by atoms with Gasteiger partial charge < -0.3 is 14.1 Å². The predicted molar refractivity (Wildman–Crippen MR) is 112 cm³/mol. The second-order valence-electron chi connectivity index (χ2n) is 8.05. The van der Waals surface area contributed by atoms with Crippen LogP contribution >= 0.6 is 15.9 Å². The van der Waals surface area contributed by atoms with Crippen LogP contribution in [0, 0.1) is 0 Å². The Labute approximate surface area is 177 Å². The number of imidazole rings is 1. The van der Waals surface area contributed by atoms with Crippen LogP contribution in [0.15, 0.2) is 45.5 Å². The summed E-state index contributed by atoms with van der Waals surface area (Å²) in [7, 11) is 0. The topological polar surface area (TPSA) is 84.2 Å². The minimum absolute atomic E-state index is 0.139. The molecule has 1 aliphatic rings. The van der Waals surface area contributed by atoms with E-state index < -0.39 is 5.60 Å². The minimum Gasteiger partial charge on any atom is -0.444 e. The Morgan fingerprint density at radius 1 is 1.24 bits per heavy atom. The van der Waals surface area contributed by atoms with Gasteiger partial charge >= 0.3 is 6.09 Å². The number of oxazole rings is 1. The lowest BCUT2D eigenvalue weighted by molar-refractivity contribution is 0.0219. The summed E-state index contributed by atoms with van der Waals surface area (Å²) < 4.78 is 12.5. The predicted octanol–water partition coefficient (Wildman–Crippen LogP) is 5.57. The molecule has 0 spiro atoms. The van der Waals surface area contributed by atoms with E-state index in [1.165, 1.54) is 0 Å². The first-order valence-corrected chi connectivity index (χ1v) is 10.4. The van der Waals surface area contributed by atoms with Gasteiger partial charge in [0.05, 0.1) is 18.4 Å². The van der Waals surface area contributed by atoms with Crippen LogP contribution in [-0.2, 0) is 4.74 Å². The maximum atomic E-state index is 12.5. The number of hydrogen-bond acceptors (Lipinski definition) is 5. The van der Waals surface area contributed by atoms with Gasteiger partial charge in [-0.2, -0.15) is 0 Å². The van der Waals surface area contributed by atoms with E-state index in [4.69, 9.17) is 9.15 Å². The molecule has 1 atom stereocenters. The maximum absolute atomic E-state index is 12.5. The number of hydrogen-bond donors (Lipinski definition) is 1. The number of halogens is 1. The Hall–Kier alpha value is -2.61. The van der Waals surface area contributed by atoms with Crippen LogP contribution in [0.4, 0.5) is 4.79 Å². The summed E-state index contributed by atoms with van der Waals surface area (Å²) in [6, 6.07) is 7.70. The highest BCUT2D eigenvalue weighted by Gasteiger charge is 2.35. The average Bonchev–Trinajstić information content (AvgIpc) is 3.39. The van der Waals surface area contributed by atoms with E-state index in [0.29, 0.717) is 29.7 Å². The third-order valence-corrected chi connectivity index (χ3v) is 5.19. The van der Waals surface area contributed by atoms with Crippen LogP contribution in [0.3, 0.4) is 0 Å². The molecule has 8 heteroatoms.